The first-order chi connectivity index (χ1) is 3.85. The Hall–Kier alpha value is 0.120. The SMILES string of the molecule is C=CS/C(=C\Cl)CC. The van der Waals surface area contributed by atoms with Crippen LogP contribution < -0.4 is 0 Å². The molecule has 0 aromatic heterocycles. The van der Waals surface area contributed by atoms with Crippen LogP contribution in [-0.2, 0) is 0 Å². The number of rotatable bonds is 3. The third-order valence-corrected chi connectivity index (χ3v) is 1.97. The van der Waals surface area contributed by atoms with E-state index in [4.69, 9.17) is 11.6 Å². The van der Waals surface area contributed by atoms with Crippen LogP contribution in [0.2, 0.25) is 0 Å². The number of allylic oxidation sites excluding steroid dienone is 1. The Kier molecular flexibility index (Phi) is 5.34. The highest BCUT2D eigenvalue weighted by Crippen LogP contribution is 2.19. The van der Waals surface area contributed by atoms with Crippen molar-refractivity contribution in [3.05, 3.63) is 22.4 Å². The molecule has 8 heavy (non-hydrogen) atoms. The van der Waals surface area contributed by atoms with Gasteiger partial charge in [-0.1, -0.05) is 25.1 Å². The molecule has 0 N–H and O–H groups in total. The van der Waals surface area contributed by atoms with Crippen molar-refractivity contribution in [2.24, 2.45) is 0 Å². The van der Waals surface area contributed by atoms with Crippen molar-refractivity contribution in [3.8, 4) is 0 Å². The topological polar surface area (TPSA) is 0 Å². The number of hydrogen-bond donors (Lipinski definition) is 0. The smallest absolute Gasteiger partial charge is 0.0141 e. The van der Waals surface area contributed by atoms with Crippen LogP contribution in [0, 0.1) is 0 Å². The third-order valence-electron chi connectivity index (χ3n) is 0.705. The lowest BCUT2D eigenvalue weighted by Gasteiger charge is -1.92. The normalized spacial score (nSPS) is 11.5. The van der Waals surface area contributed by atoms with Crippen molar-refractivity contribution in [3.63, 3.8) is 0 Å². The molecule has 0 fully saturated rings. The maximum atomic E-state index is 5.42. The van der Waals surface area contributed by atoms with Gasteiger partial charge in [0.25, 0.3) is 0 Å². The minimum Gasteiger partial charge on any atom is -0.102 e. The molecule has 0 aromatic rings. The first-order valence-electron chi connectivity index (χ1n) is 2.42. The van der Waals surface area contributed by atoms with Gasteiger partial charge in [-0.05, 0) is 11.8 Å². The Balaban J connectivity index is 3.53. The molecular weight excluding hydrogens is 140 g/mol. The lowest BCUT2D eigenvalue weighted by atomic mass is 10.5. The van der Waals surface area contributed by atoms with Crippen LogP contribution >= 0.6 is 23.4 Å². The summed E-state index contributed by atoms with van der Waals surface area (Å²) in [6, 6.07) is 0. The molecule has 0 amide bonds. The van der Waals surface area contributed by atoms with Gasteiger partial charge in [0.05, 0.1) is 0 Å². The summed E-state index contributed by atoms with van der Waals surface area (Å²) in [5.41, 5.74) is 1.59. The van der Waals surface area contributed by atoms with Gasteiger partial charge < -0.3 is 0 Å². The Labute approximate surface area is 59.6 Å². The molecule has 0 spiro atoms. The lowest BCUT2D eigenvalue weighted by molar-refractivity contribution is 1.21. The molecule has 2 heteroatoms. The highest BCUT2D eigenvalue weighted by atomic mass is 35.5. The molecule has 0 unspecified atom stereocenters. The van der Waals surface area contributed by atoms with E-state index in [-0.39, 0.29) is 0 Å². The van der Waals surface area contributed by atoms with Gasteiger partial charge >= 0.3 is 0 Å². The number of hydrogen-bond acceptors (Lipinski definition) is 1. The molecule has 0 aliphatic rings. The Morgan fingerprint density at radius 3 is 2.62 bits per heavy atom. The third kappa shape index (κ3) is 3.16. The van der Waals surface area contributed by atoms with E-state index in [2.05, 4.69) is 13.5 Å². The second-order valence-corrected chi connectivity index (χ2v) is 2.53. The highest BCUT2D eigenvalue weighted by molar-refractivity contribution is 8.05. The summed E-state index contributed by atoms with van der Waals surface area (Å²) in [5, 5.41) is 1.78. The molecule has 0 atom stereocenters. The second-order valence-electron chi connectivity index (χ2n) is 1.21. The van der Waals surface area contributed by atoms with Crippen molar-refractivity contribution >= 4 is 23.4 Å². The van der Waals surface area contributed by atoms with Crippen LogP contribution in [-0.4, -0.2) is 0 Å². The summed E-state index contributed by atoms with van der Waals surface area (Å²) in [5.74, 6) is 0. The second kappa shape index (κ2) is 5.26. The molecule has 0 saturated carbocycles. The zero-order chi connectivity index (χ0) is 6.41. The maximum absolute atomic E-state index is 5.42. The monoisotopic (exact) mass is 148 g/mol. The summed E-state index contributed by atoms with van der Waals surface area (Å²) in [7, 11) is 0. The standard InChI is InChI=1S/C6H9ClS/c1-3-6(5-7)8-4-2/h4-5H,2-3H2,1H3/b6-5-. The zero-order valence-electron chi connectivity index (χ0n) is 4.86. The first kappa shape index (κ1) is 8.12. The molecule has 0 heterocycles. The van der Waals surface area contributed by atoms with Crippen molar-refractivity contribution in [1.82, 2.24) is 0 Å². The van der Waals surface area contributed by atoms with Crippen molar-refractivity contribution in [2.45, 2.75) is 13.3 Å². The molecule has 46 valence electrons. The van der Waals surface area contributed by atoms with Gasteiger partial charge in [-0.15, -0.1) is 11.8 Å². The molecule has 0 radical (unpaired) electrons. The van der Waals surface area contributed by atoms with Crippen LogP contribution in [0.1, 0.15) is 13.3 Å². The fourth-order valence-corrected chi connectivity index (χ4v) is 1.03. The summed E-state index contributed by atoms with van der Waals surface area (Å²) in [6.45, 7) is 5.62. The minimum absolute atomic E-state index is 0.986. The molecule has 0 nitrogen and oxygen atoms in total. The number of halogens is 1. The number of thioether (sulfide) groups is 1. The van der Waals surface area contributed by atoms with Gasteiger partial charge in [0.15, 0.2) is 0 Å². The van der Waals surface area contributed by atoms with Crippen molar-refractivity contribution in [1.29, 1.82) is 0 Å². The molecule has 0 bridgehead atoms. The van der Waals surface area contributed by atoms with E-state index in [9.17, 15) is 0 Å². The summed E-state index contributed by atoms with van der Waals surface area (Å²) in [4.78, 5) is 1.15. The fraction of sp³-hybridized carbons (Fsp3) is 0.333. The van der Waals surface area contributed by atoms with Gasteiger partial charge in [-0.25, -0.2) is 0 Å². The van der Waals surface area contributed by atoms with Crippen molar-refractivity contribution in [2.75, 3.05) is 0 Å². The molecule has 0 rings (SSSR count). The highest BCUT2D eigenvalue weighted by Gasteiger charge is 1.86. The molecule has 0 aliphatic heterocycles. The summed E-state index contributed by atoms with van der Waals surface area (Å²) < 4.78 is 0. The van der Waals surface area contributed by atoms with E-state index >= 15 is 0 Å². The predicted octanol–water partition coefficient (Wildman–Crippen LogP) is 3.35. The maximum Gasteiger partial charge on any atom is 0.0141 e. The predicted molar refractivity (Wildman–Crippen MR) is 42.0 cm³/mol. The van der Waals surface area contributed by atoms with E-state index in [1.54, 1.807) is 22.7 Å². The Bertz CT molecular complexity index is 96.7. The van der Waals surface area contributed by atoms with Crippen LogP contribution in [0.3, 0.4) is 0 Å². The quantitative estimate of drug-likeness (QED) is 0.592. The van der Waals surface area contributed by atoms with Gasteiger partial charge in [0.2, 0.25) is 0 Å². The van der Waals surface area contributed by atoms with E-state index < -0.39 is 0 Å². The van der Waals surface area contributed by atoms with Gasteiger partial charge in [-0.3, -0.25) is 0 Å². The zero-order valence-corrected chi connectivity index (χ0v) is 6.43. The molecule has 0 aliphatic carbocycles. The molecular formula is C6H9ClS. The molecule has 0 aromatic carbocycles. The Morgan fingerprint density at radius 1 is 1.88 bits per heavy atom. The van der Waals surface area contributed by atoms with Crippen LogP contribution in [0.5, 0.6) is 0 Å². The summed E-state index contributed by atoms with van der Waals surface area (Å²) in [6.07, 6.45) is 0.986. The largest absolute Gasteiger partial charge is 0.102 e. The average Bonchev–Trinajstić information content (AvgIpc) is 1.83. The van der Waals surface area contributed by atoms with E-state index in [1.807, 2.05) is 0 Å². The van der Waals surface area contributed by atoms with E-state index in [1.165, 1.54) is 0 Å². The van der Waals surface area contributed by atoms with Gasteiger partial charge in [-0.2, -0.15) is 0 Å². The molecule has 0 saturated heterocycles. The van der Waals surface area contributed by atoms with E-state index in [0.717, 1.165) is 11.3 Å². The van der Waals surface area contributed by atoms with Crippen LogP contribution in [0.15, 0.2) is 22.4 Å². The van der Waals surface area contributed by atoms with Crippen LogP contribution in [0.4, 0.5) is 0 Å². The summed E-state index contributed by atoms with van der Waals surface area (Å²) >= 11 is 6.99. The van der Waals surface area contributed by atoms with Gasteiger partial charge in [0.1, 0.15) is 0 Å². The van der Waals surface area contributed by atoms with Crippen molar-refractivity contribution < 1.29 is 0 Å². The average molecular weight is 149 g/mol. The van der Waals surface area contributed by atoms with Crippen LogP contribution in [0.25, 0.3) is 0 Å². The Morgan fingerprint density at radius 2 is 2.50 bits per heavy atom. The first-order valence-corrected chi connectivity index (χ1v) is 3.73. The minimum atomic E-state index is 0.986. The fourth-order valence-electron chi connectivity index (χ4n) is 0.293. The van der Waals surface area contributed by atoms with Gasteiger partial charge in [0, 0.05) is 10.4 Å². The lowest BCUT2D eigenvalue weighted by Crippen LogP contribution is -1.64. The van der Waals surface area contributed by atoms with E-state index in [0.29, 0.717) is 0 Å².